The summed E-state index contributed by atoms with van der Waals surface area (Å²) < 4.78 is 1.14. The molecule has 2 aromatic carbocycles. The Balaban J connectivity index is 2.03. The first-order valence-electron chi connectivity index (χ1n) is 6.15. The van der Waals surface area contributed by atoms with Gasteiger partial charge in [-0.1, -0.05) is 36.4 Å². The summed E-state index contributed by atoms with van der Waals surface area (Å²) in [7, 11) is 0. The number of hydrogen-bond acceptors (Lipinski definition) is 2. The summed E-state index contributed by atoms with van der Waals surface area (Å²) in [6, 6.07) is 16.9. The van der Waals surface area contributed by atoms with Crippen molar-refractivity contribution in [2.45, 2.75) is 13.0 Å². The first-order chi connectivity index (χ1) is 9.15. The van der Waals surface area contributed by atoms with Gasteiger partial charge in [-0.05, 0) is 51.3 Å². The lowest BCUT2D eigenvalue weighted by Gasteiger charge is -2.11. The molecule has 96 valence electrons. The normalized spacial score (nSPS) is 12.8. The molecule has 0 saturated heterocycles. The minimum Gasteiger partial charge on any atom is -0.320 e. The number of fused-ring (bicyclic) bond motifs is 1. The van der Waals surface area contributed by atoms with Crippen LogP contribution in [0.25, 0.3) is 10.8 Å². The molecular formula is C16H14BrNS. The predicted octanol–water partition coefficient (Wildman–Crippen LogP) is 5.02. The molecule has 1 unspecified atom stereocenters. The van der Waals surface area contributed by atoms with Gasteiger partial charge in [-0.3, -0.25) is 0 Å². The molecule has 1 nitrogen and oxygen atoms in total. The Hall–Kier alpha value is -1.16. The average molecular weight is 332 g/mol. The first-order valence-corrected chi connectivity index (χ1v) is 7.76. The van der Waals surface area contributed by atoms with Crippen LogP contribution in [0.15, 0.2) is 53.0 Å². The Morgan fingerprint density at radius 1 is 1.05 bits per heavy atom. The van der Waals surface area contributed by atoms with Gasteiger partial charge in [0.2, 0.25) is 0 Å². The molecule has 0 aliphatic rings. The fourth-order valence-electron chi connectivity index (χ4n) is 2.20. The second-order valence-corrected chi connectivity index (χ2v) is 6.78. The van der Waals surface area contributed by atoms with Crippen LogP contribution in [-0.2, 0) is 0 Å². The van der Waals surface area contributed by atoms with Gasteiger partial charge in [0, 0.05) is 14.2 Å². The van der Waals surface area contributed by atoms with E-state index in [-0.39, 0.29) is 6.04 Å². The van der Waals surface area contributed by atoms with Gasteiger partial charge in [-0.15, -0.1) is 11.3 Å². The van der Waals surface area contributed by atoms with E-state index in [2.05, 4.69) is 71.4 Å². The number of rotatable bonds is 2. The van der Waals surface area contributed by atoms with Gasteiger partial charge in [-0.2, -0.15) is 0 Å². The zero-order chi connectivity index (χ0) is 13.4. The van der Waals surface area contributed by atoms with E-state index in [0.29, 0.717) is 0 Å². The van der Waals surface area contributed by atoms with Crippen molar-refractivity contribution in [3.05, 3.63) is 68.3 Å². The van der Waals surface area contributed by atoms with Crippen LogP contribution in [0.4, 0.5) is 0 Å². The number of nitrogens with two attached hydrogens (primary N) is 1. The number of thiophene rings is 1. The van der Waals surface area contributed by atoms with Crippen LogP contribution in [-0.4, -0.2) is 0 Å². The van der Waals surface area contributed by atoms with Crippen LogP contribution in [0.1, 0.15) is 21.4 Å². The van der Waals surface area contributed by atoms with Crippen LogP contribution in [0, 0.1) is 6.92 Å². The quantitative estimate of drug-likeness (QED) is 0.700. The number of hydrogen-bond donors (Lipinski definition) is 1. The molecule has 0 spiro atoms. The third-order valence-electron chi connectivity index (χ3n) is 3.32. The number of aryl methyl sites for hydroxylation is 1. The molecule has 1 heterocycles. The van der Waals surface area contributed by atoms with Crippen molar-refractivity contribution in [1.82, 2.24) is 0 Å². The summed E-state index contributed by atoms with van der Waals surface area (Å²) in [6.07, 6.45) is 0. The van der Waals surface area contributed by atoms with Crippen molar-refractivity contribution in [1.29, 1.82) is 0 Å². The van der Waals surface area contributed by atoms with Crippen molar-refractivity contribution < 1.29 is 0 Å². The topological polar surface area (TPSA) is 26.0 Å². The zero-order valence-corrected chi connectivity index (χ0v) is 13.0. The molecule has 0 bridgehead atoms. The van der Waals surface area contributed by atoms with E-state index in [0.717, 1.165) is 10.0 Å². The summed E-state index contributed by atoms with van der Waals surface area (Å²) in [5, 5.41) is 2.49. The second kappa shape index (κ2) is 5.08. The molecule has 2 N–H and O–H groups in total. The Morgan fingerprint density at radius 3 is 2.47 bits per heavy atom. The summed E-state index contributed by atoms with van der Waals surface area (Å²) in [4.78, 5) is 2.46. The highest BCUT2D eigenvalue weighted by Gasteiger charge is 2.13. The Kier molecular flexibility index (Phi) is 3.44. The van der Waals surface area contributed by atoms with Gasteiger partial charge in [-0.25, -0.2) is 0 Å². The Bertz CT molecular complexity index is 713. The van der Waals surface area contributed by atoms with Gasteiger partial charge < -0.3 is 5.73 Å². The monoisotopic (exact) mass is 331 g/mol. The molecule has 0 saturated carbocycles. The van der Waals surface area contributed by atoms with Gasteiger partial charge in [0.05, 0.1) is 6.04 Å². The molecular weight excluding hydrogens is 318 g/mol. The van der Waals surface area contributed by atoms with Crippen LogP contribution in [0.2, 0.25) is 0 Å². The highest BCUT2D eigenvalue weighted by Crippen LogP contribution is 2.33. The third-order valence-corrected chi connectivity index (χ3v) is 5.54. The number of benzene rings is 2. The van der Waals surface area contributed by atoms with Crippen molar-refractivity contribution in [2.24, 2.45) is 5.73 Å². The van der Waals surface area contributed by atoms with Crippen LogP contribution >= 0.6 is 27.3 Å². The largest absolute Gasteiger partial charge is 0.320 e. The predicted molar refractivity (Wildman–Crippen MR) is 86.7 cm³/mol. The fourth-order valence-corrected chi connectivity index (χ4v) is 3.79. The van der Waals surface area contributed by atoms with Crippen LogP contribution < -0.4 is 5.73 Å². The van der Waals surface area contributed by atoms with E-state index in [1.165, 1.54) is 20.5 Å². The van der Waals surface area contributed by atoms with Crippen molar-refractivity contribution in [3.63, 3.8) is 0 Å². The lowest BCUT2D eigenvalue weighted by molar-refractivity contribution is 0.895. The van der Waals surface area contributed by atoms with E-state index < -0.39 is 0 Å². The van der Waals surface area contributed by atoms with Crippen molar-refractivity contribution in [2.75, 3.05) is 0 Å². The van der Waals surface area contributed by atoms with Crippen LogP contribution in [0.5, 0.6) is 0 Å². The lowest BCUT2D eigenvalue weighted by Crippen LogP contribution is -2.09. The summed E-state index contributed by atoms with van der Waals surface area (Å²) in [5.74, 6) is 0. The van der Waals surface area contributed by atoms with E-state index in [9.17, 15) is 0 Å². The zero-order valence-electron chi connectivity index (χ0n) is 10.6. The van der Waals surface area contributed by atoms with Crippen molar-refractivity contribution in [3.8, 4) is 0 Å². The highest BCUT2D eigenvalue weighted by molar-refractivity contribution is 9.10. The smallest absolute Gasteiger partial charge is 0.0646 e. The van der Waals surface area contributed by atoms with Gasteiger partial charge in [0.15, 0.2) is 0 Å². The molecule has 3 rings (SSSR count). The van der Waals surface area contributed by atoms with E-state index in [1.54, 1.807) is 11.3 Å². The van der Waals surface area contributed by atoms with E-state index in [4.69, 9.17) is 5.73 Å². The Morgan fingerprint density at radius 2 is 1.79 bits per heavy atom. The average Bonchev–Trinajstić information content (AvgIpc) is 2.77. The maximum atomic E-state index is 6.38. The maximum absolute atomic E-state index is 6.38. The molecule has 0 aliphatic carbocycles. The molecule has 19 heavy (non-hydrogen) atoms. The lowest BCUT2D eigenvalue weighted by atomic mass is 10.0. The molecule has 1 atom stereocenters. The molecule has 1 aromatic heterocycles. The minimum atomic E-state index is -0.0559. The van der Waals surface area contributed by atoms with E-state index in [1.807, 2.05) is 0 Å². The van der Waals surface area contributed by atoms with Gasteiger partial charge in [0.25, 0.3) is 0 Å². The summed E-state index contributed by atoms with van der Waals surface area (Å²) in [5.41, 5.74) is 7.54. The van der Waals surface area contributed by atoms with Gasteiger partial charge >= 0.3 is 0 Å². The number of halogens is 1. The highest BCUT2D eigenvalue weighted by atomic mass is 79.9. The summed E-state index contributed by atoms with van der Waals surface area (Å²) in [6.45, 7) is 2.10. The molecule has 3 aromatic rings. The molecule has 0 aliphatic heterocycles. The molecule has 0 amide bonds. The molecule has 3 heteroatoms. The maximum Gasteiger partial charge on any atom is 0.0646 e. The van der Waals surface area contributed by atoms with Crippen molar-refractivity contribution >= 4 is 38.0 Å². The van der Waals surface area contributed by atoms with E-state index >= 15 is 0 Å². The summed E-state index contributed by atoms with van der Waals surface area (Å²) >= 11 is 5.30. The molecule has 0 radical (unpaired) electrons. The fraction of sp³-hybridized carbons (Fsp3) is 0.125. The minimum absolute atomic E-state index is 0.0559. The third kappa shape index (κ3) is 2.46. The Labute approximate surface area is 125 Å². The molecule has 0 fully saturated rings. The second-order valence-electron chi connectivity index (χ2n) is 4.64. The van der Waals surface area contributed by atoms with Gasteiger partial charge in [0.1, 0.15) is 0 Å². The SMILES string of the molecule is Cc1sc(C(N)c2ccc3ccccc3c2)cc1Br. The van der Waals surface area contributed by atoms with Crippen LogP contribution in [0.3, 0.4) is 0 Å². The standard InChI is InChI=1S/C16H14BrNS/c1-10-14(17)9-15(19-10)16(18)13-7-6-11-4-2-3-5-12(11)8-13/h2-9,16H,18H2,1H3. The first kappa shape index (κ1) is 12.9.